The molecule has 8 heteroatoms. The van der Waals surface area contributed by atoms with Crippen molar-refractivity contribution in [3.63, 3.8) is 0 Å². The zero-order chi connectivity index (χ0) is 23.1. The molecule has 166 valence electrons. The van der Waals surface area contributed by atoms with Gasteiger partial charge >= 0.3 is 5.97 Å². The van der Waals surface area contributed by atoms with Crippen molar-refractivity contribution in [2.75, 3.05) is 13.2 Å². The van der Waals surface area contributed by atoms with Gasteiger partial charge in [-0.1, -0.05) is 24.3 Å². The van der Waals surface area contributed by atoms with E-state index < -0.39 is 12.6 Å². The van der Waals surface area contributed by atoms with Crippen LogP contribution in [0.25, 0.3) is 0 Å². The number of esters is 1. The van der Waals surface area contributed by atoms with Crippen LogP contribution in [0.2, 0.25) is 0 Å². The Balaban J connectivity index is 1.61. The molecule has 0 aliphatic rings. The summed E-state index contributed by atoms with van der Waals surface area (Å²) in [5, 5.41) is 4.04. The Morgan fingerprint density at radius 2 is 1.88 bits per heavy atom. The number of carbonyl (C=O) groups is 2. The Morgan fingerprint density at radius 3 is 2.59 bits per heavy atom. The van der Waals surface area contributed by atoms with Crippen LogP contribution in [0, 0.1) is 13.8 Å². The number of hydrogen-bond donors (Lipinski definition) is 0. The number of ketones is 1. The molecule has 0 fully saturated rings. The summed E-state index contributed by atoms with van der Waals surface area (Å²) in [4.78, 5) is 37.0. The molecule has 0 radical (unpaired) electrons. The first-order valence-electron chi connectivity index (χ1n) is 10.1. The van der Waals surface area contributed by atoms with Crippen molar-refractivity contribution in [2.24, 2.45) is 0 Å². The van der Waals surface area contributed by atoms with Crippen molar-refractivity contribution >= 4 is 11.8 Å². The van der Waals surface area contributed by atoms with Crippen LogP contribution >= 0.6 is 0 Å². The molecule has 0 saturated heterocycles. The normalized spacial score (nSPS) is 10.6. The average molecular weight is 435 g/mol. The lowest BCUT2D eigenvalue weighted by atomic mass is 10.1. The first kappa shape index (κ1) is 22.7. The molecule has 0 spiro atoms. The predicted molar refractivity (Wildman–Crippen MR) is 119 cm³/mol. The Morgan fingerprint density at radius 1 is 1.12 bits per heavy atom. The number of hydrogen-bond acceptors (Lipinski definition) is 6. The van der Waals surface area contributed by atoms with Gasteiger partial charge in [-0.15, -0.1) is 6.58 Å². The Kier molecular flexibility index (Phi) is 7.38. The van der Waals surface area contributed by atoms with Gasteiger partial charge in [0.25, 0.3) is 5.56 Å². The maximum atomic E-state index is 12.6. The predicted octanol–water partition coefficient (Wildman–Crippen LogP) is 2.97. The van der Waals surface area contributed by atoms with Gasteiger partial charge in [0.05, 0.1) is 6.54 Å². The molecule has 0 aliphatic carbocycles. The standard InChI is InChI=1S/C24H25N3O5/c1-4-12-26-17(2)15-20(18(26)3)22(28)16-32-24(30)21-10-11-23(29)27(25-21)13-14-31-19-8-6-5-7-9-19/h4-11,15H,1,12-14,16H2,2-3H3. The van der Waals surface area contributed by atoms with Crippen LogP contribution in [0.3, 0.4) is 0 Å². The van der Waals surface area contributed by atoms with E-state index >= 15 is 0 Å². The van der Waals surface area contributed by atoms with E-state index in [2.05, 4.69) is 11.7 Å². The molecule has 8 nitrogen and oxygen atoms in total. The summed E-state index contributed by atoms with van der Waals surface area (Å²) in [6, 6.07) is 13.4. The molecule has 0 saturated carbocycles. The number of rotatable bonds is 10. The SMILES string of the molecule is C=CCn1c(C)cc(C(=O)COC(=O)c2ccc(=O)n(CCOc3ccccc3)n2)c1C. The van der Waals surface area contributed by atoms with Crippen LogP contribution in [0.4, 0.5) is 0 Å². The first-order chi connectivity index (χ1) is 15.4. The fraction of sp³-hybridized carbons (Fsp3) is 0.250. The number of para-hydroxylation sites is 1. The maximum absolute atomic E-state index is 12.6. The van der Waals surface area contributed by atoms with Crippen molar-refractivity contribution in [1.29, 1.82) is 0 Å². The fourth-order valence-electron chi connectivity index (χ4n) is 3.26. The van der Waals surface area contributed by atoms with Crippen molar-refractivity contribution in [1.82, 2.24) is 14.3 Å². The molecule has 0 unspecified atom stereocenters. The summed E-state index contributed by atoms with van der Waals surface area (Å²) in [5.74, 6) is -0.426. The molecule has 2 aromatic heterocycles. The lowest BCUT2D eigenvalue weighted by Crippen LogP contribution is -2.27. The van der Waals surface area contributed by atoms with Crippen LogP contribution in [-0.4, -0.2) is 39.3 Å². The molecule has 32 heavy (non-hydrogen) atoms. The Hall–Kier alpha value is -3.94. The van der Waals surface area contributed by atoms with Gasteiger partial charge in [0.1, 0.15) is 12.4 Å². The molecule has 2 heterocycles. The van der Waals surface area contributed by atoms with E-state index in [9.17, 15) is 14.4 Å². The van der Waals surface area contributed by atoms with E-state index in [0.717, 1.165) is 16.1 Å². The average Bonchev–Trinajstić information content (AvgIpc) is 3.08. The number of ether oxygens (including phenoxy) is 2. The third-order valence-electron chi connectivity index (χ3n) is 4.91. The second-order valence-electron chi connectivity index (χ2n) is 7.12. The number of allylic oxidation sites excluding steroid dienone is 1. The molecule has 1 aromatic carbocycles. The molecule has 0 atom stereocenters. The number of Topliss-reactive ketones (excluding diaryl/α,β-unsaturated/α-hetero) is 1. The van der Waals surface area contributed by atoms with E-state index in [1.165, 1.54) is 12.1 Å². The highest BCUT2D eigenvalue weighted by atomic mass is 16.5. The van der Waals surface area contributed by atoms with E-state index in [1.54, 1.807) is 24.3 Å². The lowest BCUT2D eigenvalue weighted by Gasteiger charge is -2.09. The van der Waals surface area contributed by atoms with Crippen molar-refractivity contribution in [2.45, 2.75) is 26.9 Å². The van der Waals surface area contributed by atoms with Gasteiger partial charge in [-0.05, 0) is 38.1 Å². The number of carbonyl (C=O) groups excluding carboxylic acids is 2. The summed E-state index contributed by atoms with van der Waals surface area (Å²) < 4.78 is 13.8. The highest BCUT2D eigenvalue weighted by Gasteiger charge is 2.18. The van der Waals surface area contributed by atoms with E-state index in [4.69, 9.17) is 9.47 Å². The van der Waals surface area contributed by atoms with Crippen molar-refractivity contribution in [3.8, 4) is 5.75 Å². The van der Waals surface area contributed by atoms with Gasteiger partial charge in [0.15, 0.2) is 12.3 Å². The second-order valence-corrected chi connectivity index (χ2v) is 7.12. The summed E-state index contributed by atoms with van der Waals surface area (Å²) in [5.41, 5.74) is 1.77. The summed E-state index contributed by atoms with van der Waals surface area (Å²) in [7, 11) is 0. The van der Waals surface area contributed by atoms with Crippen LogP contribution in [0.5, 0.6) is 5.75 Å². The molecule has 0 amide bonds. The Labute approximate surface area is 185 Å². The van der Waals surface area contributed by atoms with Crippen LogP contribution < -0.4 is 10.3 Å². The number of aromatic nitrogens is 3. The quantitative estimate of drug-likeness (QED) is 0.276. The van der Waals surface area contributed by atoms with Crippen molar-refractivity contribution in [3.05, 3.63) is 94.2 Å². The summed E-state index contributed by atoms with van der Waals surface area (Å²) in [6.07, 6.45) is 1.75. The maximum Gasteiger partial charge on any atom is 0.359 e. The van der Waals surface area contributed by atoms with Crippen LogP contribution in [0.1, 0.15) is 32.2 Å². The minimum absolute atomic E-state index is 0.0609. The molecule has 3 aromatic rings. The smallest absolute Gasteiger partial charge is 0.359 e. The lowest BCUT2D eigenvalue weighted by molar-refractivity contribution is 0.0465. The largest absolute Gasteiger partial charge is 0.492 e. The van der Waals surface area contributed by atoms with E-state index in [1.807, 2.05) is 36.6 Å². The highest BCUT2D eigenvalue weighted by Crippen LogP contribution is 2.16. The van der Waals surface area contributed by atoms with Crippen LogP contribution in [0.15, 0.2) is 66.0 Å². The van der Waals surface area contributed by atoms with Gasteiger partial charge < -0.3 is 14.0 Å². The number of benzene rings is 1. The molecule has 0 bridgehead atoms. The molecule has 3 rings (SSSR count). The number of aryl methyl sites for hydroxylation is 1. The summed E-state index contributed by atoms with van der Waals surface area (Å²) >= 11 is 0. The highest BCUT2D eigenvalue weighted by molar-refractivity contribution is 6.00. The molecule has 0 aliphatic heterocycles. The molecule has 0 N–H and O–H groups in total. The van der Waals surface area contributed by atoms with Gasteiger partial charge in [0.2, 0.25) is 5.78 Å². The zero-order valence-corrected chi connectivity index (χ0v) is 18.1. The topological polar surface area (TPSA) is 92.4 Å². The zero-order valence-electron chi connectivity index (χ0n) is 18.1. The monoisotopic (exact) mass is 435 g/mol. The van der Waals surface area contributed by atoms with Gasteiger partial charge in [0, 0.05) is 29.6 Å². The Bertz CT molecular complexity index is 1180. The van der Waals surface area contributed by atoms with E-state index in [-0.39, 0.29) is 30.2 Å². The third kappa shape index (κ3) is 5.40. The molecular weight excluding hydrogens is 410 g/mol. The van der Waals surface area contributed by atoms with Gasteiger partial charge in [-0.2, -0.15) is 5.10 Å². The fourth-order valence-corrected chi connectivity index (χ4v) is 3.26. The van der Waals surface area contributed by atoms with Gasteiger partial charge in [-0.25, -0.2) is 9.48 Å². The molecular formula is C24H25N3O5. The second kappa shape index (κ2) is 10.4. The number of nitrogens with zero attached hydrogens (tertiary/aromatic N) is 3. The first-order valence-corrected chi connectivity index (χ1v) is 10.1. The van der Waals surface area contributed by atoms with Gasteiger partial charge in [-0.3, -0.25) is 9.59 Å². The minimum Gasteiger partial charge on any atom is -0.492 e. The van der Waals surface area contributed by atoms with E-state index in [0.29, 0.717) is 17.9 Å². The summed E-state index contributed by atoms with van der Waals surface area (Å²) in [6.45, 7) is 7.97. The van der Waals surface area contributed by atoms with Crippen molar-refractivity contribution < 1.29 is 19.1 Å². The third-order valence-corrected chi connectivity index (χ3v) is 4.91. The minimum atomic E-state index is -0.782. The van der Waals surface area contributed by atoms with Crippen LogP contribution in [-0.2, 0) is 17.8 Å².